The summed E-state index contributed by atoms with van der Waals surface area (Å²) in [5, 5.41) is 2.87. The first-order chi connectivity index (χ1) is 9.13. The van der Waals surface area contributed by atoms with Crippen LogP contribution in [0, 0.1) is 0 Å². The van der Waals surface area contributed by atoms with Crippen molar-refractivity contribution in [3.8, 4) is 0 Å². The van der Waals surface area contributed by atoms with E-state index in [0.29, 0.717) is 18.5 Å². The number of nitrogens with zero attached hydrogens (tertiary/aromatic N) is 3. The number of hydrogen-bond donors (Lipinski definition) is 1. The van der Waals surface area contributed by atoms with E-state index in [-0.39, 0.29) is 17.9 Å². The maximum absolute atomic E-state index is 12.1. The third-order valence-electron chi connectivity index (χ3n) is 3.19. The minimum absolute atomic E-state index is 0.0597. The van der Waals surface area contributed by atoms with E-state index in [2.05, 4.69) is 14.1 Å². The van der Waals surface area contributed by atoms with Crippen molar-refractivity contribution in [3.63, 3.8) is 0 Å². The van der Waals surface area contributed by atoms with Crippen LogP contribution in [-0.4, -0.2) is 45.1 Å². The number of benzene rings is 1. The molecule has 2 aromatic rings. The molecule has 1 atom stereocenters. The number of nitrogens with one attached hydrogen (secondary N) is 1. The first kappa shape index (κ1) is 12.0. The quantitative estimate of drug-likeness (QED) is 0.874. The fourth-order valence-electron chi connectivity index (χ4n) is 2.15. The summed E-state index contributed by atoms with van der Waals surface area (Å²) >= 11 is 1.12. The normalized spacial score (nSPS) is 19.1. The van der Waals surface area contributed by atoms with Gasteiger partial charge in [0, 0.05) is 25.6 Å². The molecule has 1 fully saturated rings. The molecule has 3 rings (SSSR count). The highest BCUT2D eigenvalue weighted by Gasteiger charge is 2.28. The van der Waals surface area contributed by atoms with E-state index in [1.165, 1.54) is 0 Å². The highest BCUT2D eigenvalue weighted by molar-refractivity contribution is 7.00. The topological polar surface area (TPSA) is 75.2 Å². The molecule has 0 aliphatic carbocycles. The van der Waals surface area contributed by atoms with Gasteiger partial charge in [0.05, 0.1) is 17.8 Å². The van der Waals surface area contributed by atoms with E-state index >= 15 is 0 Å². The summed E-state index contributed by atoms with van der Waals surface area (Å²) in [5.41, 5.74) is 2.05. The Hall–Kier alpha value is -2.02. The Morgan fingerprint density at radius 2 is 2.21 bits per heavy atom. The van der Waals surface area contributed by atoms with Crippen molar-refractivity contribution in [3.05, 3.63) is 23.8 Å². The average molecular weight is 276 g/mol. The van der Waals surface area contributed by atoms with E-state index in [1.54, 1.807) is 30.1 Å². The lowest BCUT2D eigenvalue weighted by atomic mass is 10.1. The van der Waals surface area contributed by atoms with Crippen LogP contribution in [0.25, 0.3) is 11.0 Å². The van der Waals surface area contributed by atoms with Gasteiger partial charge in [-0.3, -0.25) is 9.59 Å². The number of likely N-dealkylation sites (tertiary alicyclic amines) is 1. The Bertz CT molecular complexity index is 654. The molecule has 0 bridgehead atoms. The minimum Gasteiger partial charge on any atom is -0.347 e. The second-order valence-electron chi connectivity index (χ2n) is 4.62. The van der Waals surface area contributed by atoms with Gasteiger partial charge in [0.25, 0.3) is 5.91 Å². The van der Waals surface area contributed by atoms with Gasteiger partial charge in [-0.1, -0.05) is 0 Å². The third-order valence-corrected chi connectivity index (χ3v) is 3.75. The smallest absolute Gasteiger partial charge is 0.251 e. The zero-order valence-corrected chi connectivity index (χ0v) is 11.1. The molecule has 1 aliphatic heterocycles. The van der Waals surface area contributed by atoms with Gasteiger partial charge in [-0.15, -0.1) is 0 Å². The lowest BCUT2D eigenvalue weighted by Crippen LogP contribution is -2.36. The van der Waals surface area contributed by atoms with Crippen LogP contribution in [-0.2, 0) is 4.79 Å². The first-order valence-corrected chi connectivity index (χ1v) is 6.63. The van der Waals surface area contributed by atoms with E-state index in [1.807, 2.05) is 0 Å². The molecule has 7 heteroatoms. The van der Waals surface area contributed by atoms with E-state index in [4.69, 9.17) is 0 Å². The number of carbonyl (C=O) groups is 2. The van der Waals surface area contributed by atoms with Crippen LogP contribution >= 0.6 is 11.7 Å². The lowest BCUT2D eigenvalue weighted by Gasteiger charge is -2.12. The Morgan fingerprint density at radius 1 is 1.42 bits per heavy atom. The summed E-state index contributed by atoms with van der Waals surface area (Å²) in [6.07, 6.45) is 0.364. The molecule has 1 aliphatic rings. The molecule has 0 spiro atoms. The van der Waals surface area contributed by atoms with Crippen molar-refractivity contribution >= 4 is 34.6 Å². The van der Waals surface area contributed by atoms with Crippen molar-refractivity contribution in [2.75, 3.05) is 13.6 Å². The maximum Gasteiger partial charge on any atom is 0.251 e. The predicted octanol–water partition coefficient (Wildman–Crippen LogP) is 0.652. The van der Waals surface area contributed by atoms with Crippen molar-refractivity contribution in [2.45, 2.75) is 12.5 Å². The Balaban J connectivity index is 1.75. The SMILES string of the molecule is CN1CC(NC(=O)c2ccc3nsnc3c2)CC1=O. The number of fused-ring (bicyclic) bond motifs is 1. The van der Waals surface area contributed by atoms with Crippen LogP contribution in [0.4, 0.5) is 0 Å². The van der Waals surface area contributed by atoms with Gasteiger partial charge in [-0.25, -0.2) is 0 Å². The fourth-order valence-corrected chi connectivity index (χ4v) is 2.67. The van der Waals surface area contributed by atoms with Gasteiger partial charge in [0.1, 0.15) is 11.0 Å². The third kappa shape index (κ3) is 2.28. The highest BCUT2D eigenvalue weighted by atomic mass is 32.1. The molecule has 19 heavy (non-hydrogen) atoms. The molecule has 2 amide bonds. The van der Waals surface area contributed by atoms with Crippen molar-refractivity contribution in [2.24, 2.45) is 0 Å². The van der Waals surface area contributed by atoms with Crippen molar-refractivity contribution in [1.82, 2.24) is 19.0 Å². The Morgan fingerprint density at radius 3 is 2.95 bits per heavy atom. The van der Waals surface area contributed by atoms with Gasteiger partial charge in [0.2, 0.25) is 5.91 Å². The lowest BCUT2D eigenvalue weighted by molar-refractivity contribution is -0.126. The molecule has 2 heterocycles. The molecule has 1 unspecified atom stereocenters. The average Bonchev–Trinajstić information content (AvgIpc) is 2.96. The van der Waals surface area contributed by atoms with Crippen LogP contribution in [0.1, 0.15) is 16.8 Å². The molecular formula is C12H12N4O2S. The first-order valence-electron chi connectivity index (χ1n) is 5.90. The van der Waals surface area contributed by atoms with Gasteiger partial charge in [-0.2, -0.15) is 8.75 Å². The molecule has 1 saturated heterocycles. The highest BCUT2D eigenvalue weighted by Crippen LogP contribution is 2.14. The van der Waals surface area contributed by atoms with Crippen molar-refractivity contribution < 1.29 is 9.59 Å². The Kier molecular flexibility index (Phi) is 2.90. The number of aromatic nitrogens is 2. The van der Waals surface area contributed by atoms with Gasteiger partial charge < -0.3 is 10.2 Å². The van der Waals surface area contributed by atoms with Gasteiger partial charge >= 0.3 is 0 Å². The molecule has 1 aromatic heterocycles. The van der Waals surface area contributed by atoms with E-state index < -0.39 is 0 Å². The zero-order valence-electron chi connectivity index (χ0n) is 10.3. The van der Waals surface area contributed by atoms with Crippen LogP contribution in [0.15, 0.2) is 18.2 Å². The summed E-state index contributed by atoms with van der Waals surface area (Å²) in [6.45, 7) is 0.561. The minimum atomic E-state index is -0.178. The molecule has 1 aromatic carbocycles. The van der Waals surface area contributed by atoms with Crippen LogP contribution in [0.5, 0.6) is 0 Å². The van der Waals surface area contributed by atoms with Crippen LogP contribution in [0.3, 0.4) is 0 Å². The number of rotatable bonds is 2. The fraction of sp³-hybridized carbons (Fsp3) is 0.333. The summed E-state index contributed by atoms with van der Waals surface area (Å²) in [5.74, 6) is -0.118. The van der Waals surface area contributed by atoms with E-state index in [9.17, 15) is 9.59 Å². The number of hydrogen-bond acceptors (Lipinski definition) is 5. The molecule has 0 radical (unpaired) electrons. The predicted molar refractivity (Wildman–Crippen MR) is 70.9 cm³/mol. The monoisotopic (exact) mass is 276 g/mol. The zero-order chi connectivity index (χ0) is 13.4. The second-order valence-corrected chi connectivity index (χ2v) is 5.14. The van der Waals surface area contributed by atoms with Crippen LogP contribution in [0.2, 0.25) is 0 Å². The Labute approximate surface area is 113 Å². The molecular weight excluding hydrogens is 264 g/mol. The summed E-state index contributed by atoms with van der Waals surface area (Å²) < 4.78 is 8.20. The van der Waals surface area contributed by atoms with E-state index in [0.717, 1.165) is 22.8 Å². The van der Waals surface area contributed by atoms with Gasteiger partial charge in [-0.05, 0) is 18.2 Å². The number of amides is 2. The molecule has 6 nitrogen and oxygen atoms in total. The second kappa shape index (κ2) is 4.58. The number of carbonyl (C=O) groups excluding carboxylic acids is 2. The van der Waals surface area contributed by atoms with Crippen molar-refractivity contribution in [1.29, 1.82) is 0 Å². The standard InChI is InChI=1S/C12H12N4O2S/c1-16-6-8(5-11(16)17)13-12(18)7-2-3-9-10(4-7)15-19-14-9/h2-4,8H,5-6H2,1H3,(H,13,18). The summed E-state index contributed by atoms with van der Waals surface area (Å²) in [6, 6.07) is 5.10. The largest absolute Gasteiger partial charge is 0.347 e. The van der Waals surface area contributed by atoms with Gasteiger partial charge in [0.15, 0.2) is 0 Å². The maximum atomic E-state index is 12.1. The van der Waals surface area contributed by atoms with Crippen LogP contribution < -0.4 is 5.32 Å². The summed E-state index contributed by atoms with van der Waals surface area (Å²) in [7, 11) is 1.74. The summed E-state index contributed by atoms with van der Waals surface area (Å²) in [4.78, 5) is 25.1. The molecule has 1 N–H and O–H groups in total. The number of likely N-dealkylation sites (N-methyl/N-ethyl adjacent to an activating group) is 1. The molecule has 0 saturated carbocycles. The molecule has 98 valence electrons.